The van der Waals surface area contributed by atoms with Crippen LogP contribution in [0.1, 0.15) is 12.7 Å². The van der Waals surface area contributed by atoms with Crippen LogP contribution in [-0.4, -0.2) is 39.9 Å². The number of hydrogen-bond donors (Lipinski definition) is 1. The van der Waals surface area contributed by atoms with Crippen molar-refractivity contribution >= 4 is 11.8 Å². The molecule has 0 aliphatic rings. The van der Waals surface area contributed by atoms with Gasteiger partial charge in [0.15, 0.2) is 5.16 Å². The first-order valence-corrected chi connectivity index (χ1v) is 6.36. The summed E-state index contributed by atoms with van der Waals surface area (Å²) in [6.07, 6.45) is -4.28. The largest absolute Gasteiger partial charge is 0.411 e. The third-order valence-electron chi connectivity index (χ3n) is 2.02. The Kier molecular flexibility index (Phi) is 5.89. The van der Waals surface area contributed by atoms with Gasteiger partial charge in [-0.2, -0.15) is 13.2 Å². The van der Waals surface area contributed by atoms with Gasteiger partial charge in [-0.15, -0.1) is 10.2 Å². The Balaban J connectivity index is 2.33. The Morgan fingerprint density at radius 1 is 1.39 bits per heavy atom. The van der Waals surface area contributed by atoms with E-state index in [-0.39, 0.29) is 13.2 Å². The molecule has 0 saturated heterocycles. The fourth-order valence-electron chi connectivity index (χ4n) is 1.27. The lowest BCUT2D eigenvalue weighted by Gasteiger charge is -2.08. The zero-order valence-electron chi connectivity index (χ0n) is 9.90. The van der Waals surface area contributed by atoms with Gasteiger partial charge in [-0.3, -0.25) is 0 Å². The average molecular weight is 284 g/mol. The number of nitrogens with zero attached hydrogens (tertiary/aromatic N) is 3. The van der Waals surface area contributed by atoms with Gasteiger partial charge >= 0.3 is 6.18 Å². The highest BCUT2D eigenvalue weighted by atomic mass is 32.2. The van der Waals surface area contributed by atoms with Crippen molar-refractivity contribution in [3.05, 3.63) is 5.82 Å². The van der Waals surface area contributed by atoms with Gasteiger partial charge < -0.3 is 15.0 Å². The number of hydrogen-bond acceptors (Lipinski definition) is 5. The van der Waals surface area contributed by atoms with Gasteiger partial charge in [-0.05, 0) is 6.92 Å². The molecule has 0 aliphatic heterocycles. The molecule has 5 nitrogen and oxygen atoms in total. The topological polar surface area (TPSA) is 66.0 Å². The minimum atomic E-state index is -4.28. The molecule has 0 aromatic carbocycles. The smallest absolute Gasteiger partial charge is 0.371 e. The van der Waals surface area contributed by atoms with Crippen LogP contribution in [0.25, 0.3) is 0 Å². The van der Waals surface area contributed by atoms with Gasteiger partial charge in [-0.1, -0.05) is 11.8 Å². The van der Waals surface area contributed by atoms with Crippen molar-refractivity contribution in [1.82, 2.24) is 14.8 Å². The van der Waals surface area contributed by atoms with Crippen LogP contribution in [-0.2, 0) is 17.8 Å². The number of nitrogens with two attached hydrogens (primary N) is 1. The lowest BCUT2D eigenvalue weighted by Crippen LogP contribution is -2.18. The summed E-state index contributed by atoms with van der Waals surface area (Å²) in [5.41, 5.74) is 5.48. The fourth-order valence-corrected chi connectivity index (χ4v) is 2.15. The molecule has 0 atom stereocenters. The number of aromatic nitrogens is 3. The van der Waals surface area contributed by atoms with Crippen molar-refractivity contribution in [3.8, 4) is 0 Å². The Hall–Kier alpha value is -0.800. The number of halogens is 3. The predicted octanol–water partition coefficient (Wildman–Crippen LogP) is 1.43. The molecule has 1 aromatic rings. The molecule has 18 heavy (non-hydrogen) atoms. The van der Waals surface area contributed by atoms with Crippen molar-refractivity contribution in [2.75, 3.05) is 19.0 Å². The van der Waals surface area contributed by atoms with E-state index in [0.717, 1.165) is 0 Å². The van der Waals surface area contributed by atoms with E-state index < -0.39 is 12.8 Å². The molecular weight excluding hydrogens is 269 g/mol. The monoisotopic (exact) mass is 284 g/mol. The summed E-state index contributed by atoms with van der Waals surface area (Å²) in [6, 6.07) is 0. The highest BCUT2D eigenvalue weighted by Gasteiger charge is 2.27. The Morgan fingerprint density at radius 2 is 2.11 bits per heavy atom. The van der Waals surface area contributed by atoms with Crippen LogP contribution < -0.4 is 5.73 Å². The second-order valence-corrected chi connectivity index (χ2v) is 4.43. The Labute approximate surface area is 107 Å². The molecule has 0 fully saturated rings. The van der Waals surface area contributed by atoms with E-state index >= 15 is 0 Å². The summed E-state index contributed by atoms with van der Waals surface area (Å²) >= 11 is 1.30. The molecule has 1 aromatic heterocycles. The molecule has 104 valence electrons. The highest BCUT2D eigenvalue weighted by Crippen LogP contribution is 2.18. The third-order valence-corrected chi connectivity index (χ3v) is 2.95. The molecule has 0 radical (unpaired) electrons. The van der Waals surface area contributed by atoms with Crippen molar-refractivity contribution < 1.29 is 17.9 Å². The molecule has 0 aliphatic carbocycles. The summed E-state index contributed by atoms with van der Waals surface area (Å²) in [7, 11) is 0. The van der Waals surface area contributed by atoms with Gasteiger partial charge in [0.25, 0.3) is 0 Å². The summed E-state index contributed by atoms with van der Waals surface area (Å²) in [5, 5.41) is 8.46. The van der Waals surface area contributed by atoms with Crippen molar-refractivity contribution in [3.63, 3.8) is 0 Å². The molecule has 1 heterocycles. The first-order valence-electron chi connectivity index (χ1n) is 5.37. The third kappa shape index (κ3) is 4.83. The molecule has 0 amide bonds. The zero-order valence-corrected chi connectivity index (χ0v) is 10.7. The van der Waals surface area contributed by atoms with Crippen LogP contribution in [0.4, 0.5) is 13.2 Å². The van der Waals surface area contributed by atoms with Crippen LogP contribution in [0.5, 0.6) is 0 Å². The second kappa shape index (κ2) is 6.95. The molecule has 9 heteroatoms. The van der Waals surface area contributed by atoms with E-state index in [1.54, 1.807) is 0 Å². The van der Waals surface area contributed by atoms with Crippen LogP contribution in [0, 0.1) is 0 Å². The summed E-state index contributed by atoms with van der Waals surface area (Å²) < 4.78 is 41.7. The molecule has 1 rings (SSSR count). The summed E-state index contributed by atoms with van der Waals surface area (Å²) in [5.74, 6) is 1.05. The molecule has 0 bridgehead atoms. The van der Waals surface area contributed by atoms with Crippen molar-refractivity contribution in [1.29, 1.82) is 0 Å². The van der Waals surface area contributed by atoms with Crippen LogP contribution >= 0.6 is 11.8 Å². The van der Waals surface area contributed by atoms with Gasteiger partial charge in [0.05, 0.1) is 13.2 Å². The quantitative estimate of drug-likeness (QED) is 0.606. The lowest BCUT2D eigenvalue weighted by molar-refractivity contribution is -0.172. The van der Waals surface area contributed by atoms with Crippen molar-refractivity contribution in [2.24, 2.45) is 5.73 Å². The normalized spacial score (nSPS) is 12.1. The lowest BCUT2D eigenvalue weighted by atomic mass is 10.6. The minimum absolute atomic E-state index is 0.0126. The minimum Gasteiger partial charge on any atom is -0.371 e. The predicted molar refractivity (Wildman–Crippen MR) is 61.2 cm³/mol. The first kappa shape index (κ1) is 15.3. The molecular formula is C9H15F3N4OS. The zero-order chi connectivity index (χ0) is 13.6. The van der Waals surface area contributed by atoms with Crippen LogP contribution in [0.2, 0.25) is 0 Å². The number of ether oxygens (including phenoxy) is 1. The van der Waals surface area contributed by atoms with E-state index in [0.29, 0.717) is 23.3 Å². The summed E-state index contributed by atoms with van der Waals surface area (Å²) in [4.78, 5) is 0. The van der Waals surface area contributed by atoms with Gasteiger partial charge in [-0.25, -0.2) is 0 Å². The molecule has 0 unspecified atom stereocenters. The summed E-state index contributed by atoms with van der Waals surface area (Å²) in [6.45, 7) is 1.67. The maximum Gasteiger partial charge on any atom is 0.411 e. The highest BCUT2D eigenvalue weighted by molar-refractivity contribution is 7.99. The maximum absolute atomic E-state index is 11.8. The van der Waals surface area contributed by atoms with Gasteiger partial charge in [0.2, 0.25) is 0 Å². The fraction of sp³-hybridized carbons (Fsp3) is 0.778. The Bertz CT molecular complexity index is 369. The molecule has 2 N–H and O–H groups in total. The van der Waals surface area contributed by atoms with Gasteiger partial charge in [0, 0.05) is 12.3 Å². The van der Waals surface area contributed by atoms with E-state index in [1.807, 2.05) is 11.5 Å². The average Bonchev–Trinajstić information content (AvgIpc) is 2.69. The van der Waals surface area contributed by atoms with Gasteiger partial charge in [0.1, 0.15) is 12.4 Å². The second-order valence-electron chi connectivity index (χ2n) is 3.36. The van der Waals surface area contributed by atoms with E-state index in [9.17, 15) is 13.2 Å². The van der Waals surface area contributed by atoms with E-state index in [1.165, 1.54) is 11.8 Å². The first-order chi connectivity index (χ1) is 8.48. The van der Waals surface area contributed by atoms with Crippen molar-refractivity contribution in [2.45, 2.75) is 31.3 Å². The number of thioether (sulfide) groups is 1. The van der Waals surface area contributed by atoms with Crippen LogP contribution in [0.3, 0.4) is 0 Å². The standard InChI is InChI=1S/C9H15F3N4OS/c1-2-16-7(5-13)14-15-8(16)18-4-3-17-6-9(10,11)12/h2-6,13H2,1H3. The van der Waals surface area contributed by atoms with E-state index in [4.69, 9.17) is 5.73 Å². The van der Waals surface area contributed by atoms with Crippen LogP contribution in [0.15, 0.2) is 5.16 Å². The SMILES string of the molecule is CCn1c(CN)nnc1SCCOCC(F)(F)F. The molecule has 0 saturated carbocycles. The van der Waals surface area contributed by atoms with E-state index in [2.05, 4.69) is 14.9 Å². The Morgan fingerprint density at radius 3 is 2.67 bits per heavy atom. The molecule has 0 spiro atoms. The maximum atomic E-state index is 11.8. The number of rotatable bonds is 7. The number of alkyl halides is 3.